The highest BCUT2D eigenvalue weighted by molar-refractivity contribution is 5.75. The minimum Gasteiger partial charge on any atom is -0.464 e. The predicted molar refractivity (Wildman–Crippen MR) is 66.3 cm³/mol. The number of halogens is 1. The van der Waals surface area contributed by atoms with Gasteiger partial charge >= 0.3 is 5.97 Å². The summed E-state index contributed by atoms with van der Waals surface area (Å²) < 4.78 is 18.2. The van der Waals surface area contributed by atoms with E-state index < -0.39 is 23.1 Å². The highest BCUT2D eigenvalue weighted by Crippen LogP contribution is 2.25. The van der Waals surface area contributed by atoms with Crippen LogP contribution < -0.4 is 5.73 Å². The Balaban J connectivity index is 3.00. The molecular weight excluding hydrogens is 255 g/mol. The van der Waals surface area contributed by atoms with Gasteiger partial charge in [0, 0.05) is 11.6 Å². The fourth-order valence-corrected chi connectivity index (χ4v) is 1.57. The van der Waals surface area contributed by atoms with Crippen LogP contribution >= 0.6 is 0 Å². The van der Waals surface area contributed by atoms with Crippen LogP contribution in [-0.4, -0.2) is 23.7 Å². The molecule has 0 aliphatic heterocycles. The van der Waals surface area contributed by atoms with Crippen LogP contribution in [0, 0.1) is 17.0 Å². The Kier molecular flexibility index (Phi) is 4.94. The van der Waals surface area contributed by atoms with Gasteiger partial charge in [-0.25, -0.2) is 9.18 Å². The molecule has 2 atom stereocenters. The van der Waals surface area contributed by atoms with Crippen molar-refractivity contribution in [2.24, 2.45) is 5.73 Å². The number of aryl methyl sites for hydroxylation is 1. The molecule has 6 nitrogen and oxygen atoms in total. The fraction of sp³-hybridized carbons (Fsp3) is 0.417. The second-order valence-electron chi connectivity index (χ2n) is 3.98. The van der Waals surface area contributed by atoms with E-state index in [1.165, 1.54) is 18.2 Å². The van der Waals surface area contributed by atoms with E-state index in [2.05, 4.69) is 4.74 Å². The first-order valence-electron chi connectivity index (χ1n) is 5.69. The molecule has 1 rings (SSSR count). The Labute approximate surface area is 109 Å². The first-order valence-corrected chi connectivity index (χ1v) is 5.69. The van der Waals surface area contributed by atoms with Gasteiger partial charge in [0.05, 0.1) is 17.6 Å². The van der Waals surface area contributed by atoms with Gasteiger partial charge in [0.1, 0.15) is 0 Å². The zero-order valence-electron chi connectivity index (χ0n) is 10.6. The Morgan fingerprint density at radius 1 is 1.58 bits per heavy atom. The summed E-state index contributed by atoms with van der Waals surface area (Å²) in [6, 6.07) is 2.80. The summed E-state index contributed by atoms with van der Waals surface area (Å²) in [6.07, 6.45) is -2.05. The summed E-state index contributed by atoms with van der Waals surface area (Å²) in [5, 5.41) is 10.8. The van der Waals surface area contributed by atoms with Crippen molar-refractivity contribution in [3.8, 4) is 0 Å². The predicted octanol–water partition coefficient (Wildman–Crippen LogP) is 1.80. The van der Waals surface area contributed by atoms with Crippen molar-refractivity contribution < 1.29 is 18.8 Å². The number of benzene rings is 1. The molecule has 0 aliphatic rings. The lowest BCUT2D eigenvalue weighted by Gasteiger charge is -2.16. The molecule has 0 fully saturated rings. The van der Waals surface area contributed by atoms with Gasteiger partial charge in [-0.05, 0) is 19.4 Å². The third-order valence-corrected chi connectivity index (χ3v) is 2.64. The molecule has 0 saturated heterocycles. The molecule has 2 N–H and O–H groups in total. The van der Waals surface area contributed by atoms with Gasteiger partial charge < -0.3 is 10.5 Å². The highest BCUT2D eigenvalue weighted by Gasteiger charge is 2.29. The maximum Gasteiger partial charge on any atom is 0.342 e. The Bertz CT molecular complexity index is 493. The molecule has 0 radical (unpaired) electrons. The molecule has 0 spiro atoms. The molecule has 0 heterocycles. The third kappa shape index (κ3) is 3.47. The number of nitro groups is 1. The molecule has 0 saturated carbocycles. The van der Waals surface area contributed by atoms with E-state index in [1.807, 2.05) is 0 Å². The van der Waals surface area contributed by atoms with Crippen molar-refractivity contribution in [1.82, 2.24) is 0 Å². The summed E-state index contributed by atoms with van der Waals surface area (Å²) in [6.45, 7) is 3.15. The monoisotopic (exact) mass is 270 g/mol. The average Bonchev–Trinajstić information content (AvgIpc) is 2.37. The molecule has 1 unspecified atom stereocenters. The highest BCUT2D eigenvalue weighted by atomic mass is 19.1. The van der Waals surface area contributed by atoms with Crippen molar-refractivity contribution in [3.63, 3.8) is 0 Å². The molecule has 0 aliphatic carbocycles. The lowest BCUT2D eigenvalue weighted by atomic mass is 10.0. The van der Waals surface area contributed by atoms with E-state index in [0.29, 0.717) is 5.56 Å². The third-order valence-electron chi connectivity index (χ3n) is 2.64. The van der Waals surface area contributed by atoms with Crippen molar-refractivity contribution in [1.29, 1.82) is 0 Å². The number of nitro benzene ring substituents is 1. The average molecular weight is 270 g/mol. The van der Waals surface area contributed by atoms with Crippen LogP contribution in [0.25, 0.3) is 0 Å². The van der Waals surface area contributed by atoms with Crippen LogP contribution in [-0.2, 0) is 9.53 Å². The zero-order valence-corrected chi connectivity index (χ0v) is 10.6. The Morgan fingerprint density at radius 3 is 2.74 bits per heavy atom. The van der Waals surface area contributed by atoms with Crippen LogP contribution in [0.4, 0.5) is 10.1 Å². The van der Waals surface area contributed by atoms with E-state index in [4.69, 9.17) is 5.73 Å². The summed E-state index contributed by atoms with van der Waals surface area (Å²) in [4.78, 5) is 21.4. The van der Waals surface area contributed by atoms with Gasteiger partial charge in [-0.3, -0.25) is 10.1 Å². The van der Waals surface area contributed by atoms with Gasteiger partial charge in [-0.2, -0.15) is 0 Å². The number of nitrogens with two attached hydrogens (primary N) is 1. The van der Waals surface area contributed by atoms with E-state index in [1.54, 1.807) is 13.8 Å². The number of rotatable bonds is 5. The molecule has 7 heteroatoms. The summed E-state index contributed by atoms with van der Waals surface area (Å²) in [5.74, 6) is -1.07. The molecule has 104 valence electrons. The van der Waals surface area contributed by atoms with Gasteiger partial charge in [0.2, 0.25) is 6.17 Å². The lowest BCUT2D eigenvalue weighted by Crippen LogP contribution is -2.31. The standard InChI is InChI=1S/C12H15FN2O4/c1-3-19-12(16)10(13)11(14)8-5-4-7(2)9(6-8)15(17)18/h4-6,10-11H,3,14H2,1-2H3/t10?,11-/m1/s1. The van der Waals surface area contributed by atoms with Gasteiger partial charge in [0.15, 0.2) is 0 Å². The van der Waals surface area contributed by atoms with E-state index in [-0.39, 0.29) is 17.9 Å². The second kappa shape index (κ2) is 6.24. The molecule has 0 aromatic heterocycles. The first-order chi connectivity index (χ1) is 8.88. The summed E-state index contributed by atoms with van der Waals surface area (Å²) in [5.41, 5.74) is 6.04. The molecule has 1 aromatic rings. The van der Waals surface area contributed by atoms with Crippen molar-refractivity contribution >= 4 is 11.7 Å². The quantitative estimate of drug-likeness (QED) is 0.500. The minimum atomic E-state index is -2.05. The first kappa shape index (κ1) is 15.0. The normalized spacial score (nSPS) is 13.7. The number of esters is 1. The summed E-state index contributed by atoms with van der Waals surface area (Å²) in [7, 11) is 0. The number of hydrogen-bond acceptors (Lipinski definition) is 5. The van der Waals surface area contributed by atoms with E-state index in [9.17, 15) is 19.3 Å². The lowest BCUT2D eigenvalue weighted by molar-refractivity contribution is -0.385. The van der Waals surface area contributed by atoms with Crippen molar-refractivity contribution in [2.75, 3.05) is 6.61 Å². The number of carbonyl (C=O) groups excluding carboxylic acids is 1. The molecule has 19 heavy (non-hydrogen) atoms. The van der Waals surface area contributed by atoms with E-state index >= 15 is 0 Å². The van der Waals surface area contributed by atoms with Crippen molar-refractivity contribution in [3.05, 3.63) is 39.4 Å². The fourth-order valence-electron chi connectivity index (χ4n) is 1.57. The second-order valence-corrected chi connectivity index (χ2v) is 3.98. The van der Waals surface area contributed by atoms with Crippen LogP contribution in [0.15, 0.2) is 18.2 Å². The maximum absolute atomic E-state index is 13.7. The number of nitrogens with zero attached hydrogens (tertiary/aromatic N) is 1. The number of alkyl halides is 1. The minimum absolute atomic E-state index is 0.0417. The molecule has 0 amide bonds. The molecule has 0 bridgehead atoms. The smallest absolute Gasteiger partial charge is 0.342 e. The van der Waals surface area contributed by atoms with Gasteiger partial charge in [-0.1, -0.05) is 12.1 Å². The number of carbonyl (C=O) groups is 1. The largest absolute Gasteiger partial charge is 0.464 e. The van der Waals surface area contributed by atoms with Crippen molar-refractivity contribution in [2.45, 2.75) is 26.1 Å². The number of hydrogen-bond donors (Lipinski definition) is 1. The molecular formula is C12H15FN2O4. The van der Waals surface area contributed by atoms with Crippen LogP contribution in [0.1, 0.15) is 24.1 Å². The van der Waals surface area contributed by atoms with Crippen LogP contribution in [0.3, 0.4) is 0 Å². The Hall–Kier alpha value is -2.02. The van der Waals surface area contributed by atoms with Crippen LogP contribution in [0.2, 0.25) is 0 Å². The SMILES string of the molecule is CCOC(=O)C(F)[C@H](N)c1ccc(C)c([N+](=O)[O-])c1. The summed E-state index contributed by atoms with van der Waals surface area (Å²) >= 11 is 0. The van der Waals surface area contributed by atoms with E-state index in [0.717, 1.165) is 0 Å². The topological polar surface area (TPSA) is 95.5 Å². The number of ether oxygens (including phenoxy) is 1. The zero-order chi connectivity index (χ0) is 14.6. The van der Waals surface area contributed by atoms with Crippen LogP contribution in [0.5, 0.6) is 0 Å². The maximum atomic E-state index is 13.7. The van der Waals surface area contributed by atoms with Gasteiger partial charge in [-0.15, -0.1) is 0 Å². The Morgan fingerprint density at radius 2 is 2.21 bits per heavy atom. The molecule has 1 aromatic carbocycles. The van der Waals surface area contributed by atoms with Gasteiger partial charge in [0.25, 0.3) is 5.69 Å².